The lowest BCUT2D eigenvalue weighted by molar-refractivity contribution is -0.385. The van der Waals surface area contributed by atoms with E-state index in [2.05, 4.69) is 0 Å². The number of nitro benzene ring substituents is 1. The molecule has 0 amide bonds. The van der Waals surface area contributed by atoms with Gasteiger partial charge in [-0.2, -0.15) is 0 Å². The molecular weight excluding hydrogens is 254 g/mol. The van der Waals surface area contributed by atoms with Gasteiger partial charge >= 0.3 is 5.69 Å². The zero-order chi connectivity index (χ0) is 13.3. The SMILES string of the molecule is Cc1ccc(-c2ccc(O)c([N+](=O)[O-])c2)cc1Cl. The highest BCUT2D eigenvalue weighted by molar-refractivity contribution is 6.31. The lowest BCUT2D eigenvalue weighted by Gasteiger charge is -2.05. The highest BCUT2D eigenvalue weighted by atomic mass is 35.5. The highest BCUT2D eigenvalue weighted by Gasteiger charge is 2.14. The van der Waals surface area contributed by atoms with Gasteiger partial charge in [-0.15, -0.1) is 0 Å². The van der Waals surface area contributed by atoms with Crippen LogP contribution in [0.5, 0.6) is 5.75 Å². The Bertz CT molecular complexity index is 626. The largest absolute Gasteiger partial charge is 0.502 e. The molecule has 0 saturated carbocycles. The summed E-state index contributed by atoms with van der Waals surface area (Å²) in [6.07, 6.45) is 0. The molecule has 5 heteroatoms. The summed E-state index contributed by atoms with van der Waals surface area (Å²) in [5.41, 5.74) is 2.04. The Morgan fingerprint density at radius 2 is 1.78 bits per heavy atom. The second-order valence-electron chi connectivity index (χ2n) is 3.92. The number of halogens is 1. The zero-order valence-corrected chi connectivity index (χ0v) is 10.3. The van der Waals surface area contributed by atoms with Crippen molar-refractivity contribution in [1.29, 1.82) is 0 Å². The van der Waals surface area contributed by atoms with Gasteiger partial charge in [0.25, 0.3) is 0 Å². The molecule has 0 saturated heterocycles. The topological polar surface area (TPSA) is 63.4 Å². The number of nitrogens with zero attached hydrogens (tertiary/aromatic N) is 1. The van der Waals surface area contributed by atoms with E-state index in [4.69, 9.17) is 11.6 Å². The summed E-state index contributed by atoms with van der Waals surface area (Å²) < 4.78 is 0. The van der Waals surface area contributed by atoms with Crippen LogP contribution in [0, 0.1) is 17.0 Å². The van der Waals surface area contributed by atoms with Crippen LogP contribution in [0.1, 0.15) is 5.56 Å². The van der Waals surface area contributed by atoms with Crippen molar-refractivity contribution in [3.63, 3.8) is 0 Å². The van der Waals surface area contributed by atoms with Gasteiger partial charge in [0.15, 0.2) is 5.75 Å². The van der Waals surface area contributed by atoms with Gasteiger partial charge in [-0.1, -0.05) is 29.8 Å². The number of benzene rings is 2. The average Bonchev–Trinajstić information content (AvgIpc) is 2.33. The van der Waals surface area contributed by atoms with Crippen LogP contribution in [0.25, 0.3) is 11.1 Å². The summed E-state index contributed by atoms with van der Waals surface area (Å²) in [6, 6.07) is 9.67. The number of aryl methyl sites for hydroxylation is 1. The summed E-state index contributed by atoms with van der Waals surface area (Å²) in [4.78, 5) is 10.1. The second-order valence-corrected chi connectivity index (χ2v) is 4.33. The van der Waals surface area contributed by atoms with Crippen molar-refractivity contribution in [3.05, 3.63) is 57.1 Å². The van der Waals surface area contributed by atoms with Crippen molar-refractivity contribution in [3.8, 4) is 16.9 Å². The van der Waals surface area contributed by atoms with E-state index < -0.39 is 4.92 Å². The lowest BCUT2D eigenvalue weighted by Crippen LogP contribution is -1.89. The first-order valence-corrected chi connectivity index (χ1v) is 5.61. The van der Waals surface area contributed by atoms with E-state index in [1.54, 1.807) is 12.1 Å². The normalized spacial score (nSPS) is 10.3. The molecule has 2 aromatic rings. The Labute approximate surface area is 109 Å². The number of aromatic hydroxyl groups is 1. The molecule has 0 fully saturated rings. The molecule has 0 atom stereocenters. The first-order valence-electron chi connectivity index (χ1n) is 5.23. The van der Waals surface area contributed by atoms with Crippen molar-refractivity contribution in [2.24, 2.45) is 0 Å². The molecule has 0 radical (unpaired) electrons. The number of hydrogen-bond acceptors (Lipinski definition) is 3. The van der Waals surface area contributed by atoms with Crippen LogP contribution < -0.4 is 0 Å². The van der Waals surface area contributed by atoms with Crippen molar-refractivity contribution in [1.82, 2.24) is 0 Å². The monoisotopic (exact) mass is 263 g/mol. The average molecular weight is 264 g/mol. The zero-order valence-electron chi connectivity index (χ0n) is 9.55. The fraction of sp³-hybridized carbons (Fsp3) is 0.0769. The summed E-state index contributed by atoms with van der Waals surface area (Å²) in [6.45, 7) is 1.88. The van der Waals surface area contributed by atoms with Gasteiger partial charge in [0.2, 0.25) is 0 Å². The van der Waals surface area contributed by atoms with Crippen LogP contribution in [0.4, 0.5) is 5.69 Å². The van der Waals surface area contributed by atoms with E-state index in [-0.39, 0.29) is 11.4 Å². The molecule has 92 valence electrons. The fourth-order valence-electron chi connectivity index (χ4n) is 1.62. The summed E-state index contributed by atoms with van der Waals surface area (Å²) in [5, 5.41) is 20.7. The lowest BCUT2D eigenvalue weighted by atomic mass is 10.0. The van der Waals surface area contributed by atoms with E-state index in [0.29, 0.717) is 10.6 Å². The molecular formula is C13H10ClNO3. The van der Waals surface area contributed by atoms with Gasteiger partial charge < -0.3 is 5.11 Å². The first kappa shape index (κ1) is 12.4. The molecule has 0 aliphatic carbocycles. The number of rotatable bonds is 2. The van der Waals surface area contributed by atoms with Crippen LogP contribution in [-0.4, -0.2) is 10.0 Å². The van der Waals surface area contributed by atoms with Crippen molar-refractivity contribution < 1.29 is 10.0 Å². The minimum absolute atomic E-state index is 0.316. The molecule has 0 aromatic heterocycles. The molecule has 2 rings (SSSR count). The molecule has 0 aliphatic heterocycles. The van der Waals surface area contributed by atoms with Crippen molar-refractivity contribution >= 4 is 17.3 Å². The van der Waals surface area contributed by atoms with Gasteiger partial charge in [0.05, 0.1) is 4.92 Å². The van der Waals surface area contributed by atoms with E-state index in [1.165, 1.54) is 12.1 Å². The molecule has 0 bridgehead atoms. The number of hydrogen-bond donors (Lipinski definition) is 1. The maximum Gasteiger partial charge on any atom is 0.311 e. The van der Waals surface area contributed by atoms with Gasteiger partial charge in [-0.25, -0.2) is 0 Å². The van der Waals surface area contributed by atoms with E-state index in [1.807, 2.05) is 19.1 Å². The third-order valence-corrected chi connectivity index (χ3v) is 3.08. The molecule has 0 spiro atoms. The van der Waals surface area contributed by atoms with Gasteiger partial charge in [-0.05, 0) is 35.7 Å². The van der Waals surface area contributed by atoms with Crippen LogP contribution in [0.15, 0.2) is 36.4 Å². The van der Waals surface area contributed by atoms with Crippen LogP contribution in [0.3, 0.4) is 0 Å². The number of phenols is 1. The maximum absolute atomic E-state index is 10.7. The predicted octanol–water partition coefficient (Wildman–Crippen LogP) is 3.93. The van der Waals surface area contributed by atoms with E-state index in [9.17, 15) is 15.2 Å². The number of nitro groups is 1. The molecule has 0 unspecified atom stereocenters. The minimum atomic E-state index is -0.616. The van der Waals surface area contributed by atoms with E-state index in [0.717, 1.165) is 11.1 Å². The summed E-state index contributed by atoms with van der Waals surface area (Å²) >= 11 is 6.01. The second kappa shape index (κ2) is 4.66. The molecule has 0 aliphatic rings. The number of phenolic OH excluding ortho intramolecular Hbond substituents is 1. The van der Waals surface area contributed by atoms with Crippen LogP contribution >= 0.6 is 11.6 Å². The van der Waals surface area contributed by atoms with Gasteiger partial charge in [0, 0.05) is 11.1 Å². The molecule has 2 aromatic carbocycles. The molecule has 18 heavy (non-hydrogen) atoms. The van der Waals surface area contributed by atoms with Crippen molar-refractivity contribution in [2.45, 2.75) is 6.92 Å². The third kappa shape index (κ3) is 2.28. The highest BCUT2D eigenvalue weighted by Crippen LogP contribution is 2.32. The Hall–Kier alpha value is -2.07. The van der Waals surface area contributed by atoms with Gasteiger partial charge in [0.1, 0.15) is 0 Å². The quantitative estimate of drug-likeness (QED) is 0.659. The first-order chi connectivity index (χ1) is 8.49. The van der Waals surface area contributed by atoms with Crippen LogP contribution in [-0.2, 0) is 0 Å². The van der Waals surface area contributed by atoms with Crippen molar-refractivity contribution in [2.75, 3.05) is 0 Å². The standard InChI is InChI=1S/C13H10ClNO3/c1-8-2-3-9(6-11(8)14)10-4-5-13(16)12(7-10)15(17)18/h2-7,16H,1H3. The molecule has 0 heterocycles. The predicted molar refractivity (Wildman–Crippen MR) is 69.9 cm³/mol. The fourth-order valence-corrected chi connectivity index (χ4v) is 1.80. The Kier molecular flexibility index (Phi) is 3.21. The summed E-state index contributed by atoms with van der Waals surface area (Å²) in [7, 11) is 0. The molecule has 1 N–H and O–H groups in total. The van der Waals surface area contributed by atoms with Crippen LogP contribution in [0.2, 0.25) is 5.02 Å². The Morgan fingerprint density at radius 1 is 1.17 bits per heavy atom. The van der Waals surface area contributed by atoms with E-state index >= 15 is 0 Å². The minimum Gasteiger partial charge on any atom is -0.502 e. The maximum atomic E-state index is 10.7. The van der Waals surface area contributed by atoms with Gasteiger partial charge in [-0.3, -0.25) is 10.1 Å². The summed E-state index contributed by atoms with van der Waals surface area (Å²) in [5.74, 6) is -0.345. The Morgan fingerprint density at radius 3 is 2.39 bits per heavy atom. The third-order valence-electron chi connectivity index (χ3n) is 2.68. The molecule has 4 nitrogen and oxygen atoms in total. The smallest absolute Gasteiger partial charge is 0.311 e. The Balaban J connectivity index is 2.54.